The Kier molecular flexibility index (Phi) is 7.21. The van der Waals surface area contributed by atoms with Crippen LogP contribution in [-0.2, 0) is 20.9 Å². The highest BCUT2D eigenvalue weighted by atomic mass is 16.6. The van der Waals surface area contributed by atoms with E-state index in [0.29, 0.717) is 39.1 Å². The Balaban J connectivity index is 1.81. The zero-order valence-corrected chi connectivity index (χ0v) is 16.3. The topological polar surface area (TPSA) is 87.7 Å². The molecular weight excluding hydrogens is 346 g/mol. The van der Waals surface area contributed by atoms with Gasteiger partial charge < -0.3 is 20.3 Å². The molecule has 1 aromatic rings. The van der Waals surface area contributed by atoms with Crippen LogP contribution in [0.15, 0.2) is 30.3 Å². The fourth-order valence-corrected chi connectivity index (χ4v) is 2.89. The fraction of sp³-hybridized carbons (Fsp3) is 0.550. The highest BCUT2D eigenvalue weighted by molar-refractivity contribution is 6.04. The van der Waals surface area contributed by atoms with Crippen molar-refractivity contribution < 1.29 is 19.1 Å². The van der Waals surface area contributed by atoms with E-state index in [0.717, 1.165) is 5.56 Å². The number of amides is 3. The van der Waals surface area contributed by atoms with Crippen LogP contribution in [0.25, 0.3) is 0 Å². The standard InChI is InChI=1S/C20H29N3O4/c1-4-27-19(26)23-12-10-16(11-13-23)22-18(25)20(2,3)17(24)21-14-15-8-6-5-7-9-15/h5-9,16H,4,10-14H2,1-3H3,(H,21,24)(H,22,25). The molecule has 0 bridgehead atoms. The van der Waals surface area contributed by atoms with Gasteiger partial charge in [-0.15, -0.1) is 0 Å². The highest BCUT2D eigenvalue weighted by Gasteiger charge is 2.37. The number of nitrogens with zero attached hydrogens (tertiary/aromatic N) is 1. The number of hydrogen-bond donors (Lipinski definition) is 2. The summed E-state index contributed by atoms with van der Waals surface area (Å²) < 4.78 is 4.99. The van der Waals surface area contributed by atoms with Crippen molar-refractivity contribution in [3.8, 4) is 0 Å². The van der Waals surface area contributed by atoms with Crippen molar-refractivity contribution in [1.82, 2.24) is 15.5 Å². The maximum absolute atomic E-state index is 12.6. The lowest BCUT2D eigenvalue weighted by molar-refractivity contribution is -0.142. The van der Waals surface area contributed by atoms with Crippen LogP contribution in [0.2, 0.25) is 0 Å². The summed E-state index contributed by atoms with van der Waals surface area (Å²) in [6.07, 6.45) is 0.973. The molecule has 2 rings (SSSR count). The van der Waals surface area contributed by atoms with Crippen LogP contribution in [0.5, 0.6) is 0 Å². The highest BCUT2D eigenvalue weighted by Crippen LogP contribution is 2.19. The molecule has 1 aliphatic heterocycles. The molecule has 0 unspecified atom stereocenters. The molecule has 3 amide bonds. The average Bonchev–Trinajstić information content (AvgIpc) is 2.67. The second-order valence-corrected chi connectivity index (χ2v) is 7.23. The molecule has 1 heterocycles. The number of piperidine rings is 1. The van der Waals surface area contributed by atoms with E-state index < -0.39 is 5.41 Å². The van der Waals surface area contributed by atoms with Gasteiger partial charge in [0.1, 0.15) is 5.41 Å². The third-order valence-electron chi connectivity index (χ3n) is 4.79. The van der Waals surface area contributed by atoms with Crippen LogP contribution in [0, 0.1) is 5.41 Å². The lowest BCUT2D eigenvalue weighted by Gasteiger charge is -2.33. The molecular formula is C20H29N3O4. The van der Waals surface area contributed by atoms with Crippen molar-refractivity contribution in [2.45, 2.75) is 46.2 Å². The van der Waals surface area contributed by atoms with Gasteiger partial charge in [-0.2, -0.15) is 0 Å². The molecule has 0 spiro atoms. The molecule has 27 heavy (non-hydrogen) atoms. The summed E-state index contributed by atoms with van der Waals surface area (Å²) in [5.41, 5.74) is -0.194. The second kappa shape index (κ2) is 9.39. The molecule has 0 radical (unpaired) electrons. The molecule has 1 aromatic carbocycles. The van der Waals surface area contributed by atoms with Crippen molar-refractivity contribution in [3.63, 3.8) is 0 Å². The molecule has 7 heteroatoms. The Morgan fingerprint density at radius 3 is 2.33 bits per heavy atom. The van der Waals surface area contributed by atoms with Crippen LogP contribution in [0.4, 0.5) is 4.79 Å². The largest absolute Gasteiger partial charge is 0.450 e. The summed E-state index contributed by atoms with van der Waals surface area (Å²) >= 11 is 0. The third-order valence-corrected chi connectivity index (χ3v) is 4.79. The first kappa shape index (κ1) is 20.7. The summed E-state index contributed by atoms with van der Waals surface area (Å²) in [6.45, 7) is 6.81. The molecule has 1 saturated heterocycles. The quantitative estimate of drug-likeness (QED) is 0.745. The molecule has 0 atom stereocenters. The number of rotatable bonds is 6. The van der Waals surface area contributed by atoms with Crippen LogP contribution in [0.1, 0.15) is 39.2 Å². The van der Waals surface area contributed by atoms with E-state index in [1.54, 1.807) is 25.7 Å². The normalized spacial score (nSPS) is 15.1. The lowest BCUT2D eigenvalue weighted by atomic mass is 9.90. The van der Waals surface area contributed by atoms with E-state index in [4.69, 9.17) is 4.74 Å². The SMILES string of the molecule is CCOC(=O)N1CCC(NC(=O)C(C)(C)C(=O)NCc2ccccc2)CC1. The van der Waals surface area contributed by atoms with Gasteiger partial charge in [-0.05, 0) is 39.2 Å². The maximum Gasteiger partial charge on any atom is 0.409 e. The molecule has 0 saturated carbocycles. The summed E-state index contributed by atoms with van der Waals surface area (Å²) in [5, 5.41) is 5.78. The first-order chi connectivity index (χ1) is 12.8. The molecule has 148 valence electrons. The van der Waals surface area contributed by atoms with Gasteiger partial charge in [0.25, 0.3) is 0 Å². The number of benzene rings is 1. The van der Waals surface area contributed by atoms with E-state index in [1.165, 1.54) is 0 Å². The van der Waals surface area contributed by atoms with E-state index in [-0.39, 0.29) is 23.9 Å². The fourth-order valence-electron chi connectivity index (χ4n) is 2.89. The van der Waals surface area contributed by atoms with Crippen molar-refractivity contribution in [3.05, 3.63) is 35.9 Å². The number of ether oxygens (including phenoxy) is 1. The van der Waals surface area contributed by atoms with Gasteiger partial charge in [0.05, 0.1) is 6.61 Å². The van der Waals surface area contributed by atoms with Gasteiger partial charge in [-0.25, -0.2) is 4.79 Å². The number of carbonyl (C=O) groups excluding carboxylic acids is 3. The maximum atomic E-state index is 12.6. The van der Waals surface area contributed by atoms with Crippen molar-refractivity contribution >= 4 is 17.9 Å². The van der Waals surface area contributed by atoms with Crippen molar-refractivity contribution in [2.75, 3.05) is 19.7 Å². The molecule has 7 nitrogen and oxygen atoms in total. The Bertz CT molecular complexity index is 652. The van der Waals surface area contributed by atoms with Crippen molar-refractivity contribution in [2.24, 2.45) is 5.41 Å². The first-order valence-electron chi connectivity index (χ1n) is 9.39. The predicted octanol–water partition coefficient (Wildman–Crippen LogP) is 2.07. The van der Waals surface area contributed by atoms with E-state index >= 15 is 0 Å². The second-order valence-electron chi connectivity index (χ2n) is 7.23. The zero-order chi connectivity index (χ0) is 19.9. The van der Waals surface area contributed by atoms with Crippen LogP contribution >= 0.6 is 0 Å². The third kappa shape index (κ3) is 5.70. The monoisotopic (exact) mass is 375 g/mol. The molecule has 1 fully saturated rings. The van der Waals surface area contributed by atoms with Gasteiger partial charge in [-0.1, -0.05) is 30.3 Å². The predicted molar refractivity (Wildman–Crippen MR) is 102 cm³/mol. The summed E-state index contributed by atoms with van der Waals surface area (Å²) in [4.78, 5) is 38.5. The van der Waals surface area contributed by atoms with E-state index in [1.807, 2.05) is 30.3 Å². The Labute approximate surface area is 160 Å². The summed E-state index contributed by atoms with van der Waals surface area (Å²) in [5.74, 6) is -0.615. The van der Waals surface area contributed by atoms with Gasteiger partial charge in [0, 0.05) is 25.7 Å². The minimum absolute atomic E-state index is 0.0515. The Hall–Kier alpha value is -2.57. The summed E-state index contributed by atoms with van der Waals surface area (Å²) in [6, 6.07) is 9.51. The first-order valence-corrected chi connectivity index (χ1v) is 9.39. The number of likely N-dealkylation sites (tertiary alicyclic amines) is 1. The average molecular weight is 375 g/mol. The minimum Gasteiger partial charge on any atom is -0.450 e. The Morgan fingerprint density at radius 1 is 1.11 bits per heavy atom. The number of nitrogens with one attached hydrogen (secondary N) is 2. The number of hydrogen-bond acceptors (Lipinski definition) is 4. The van der Waals surface area contributed by atoms with Crippen LogP contribution in [-0.4, -0.2) is 48.5 Å². The molecule has 2 N–H and O–H groups in total. The van der Waals surface area contributed by atoms with Crippen LogP contribution < -0.4 is 10.6 Å². The van der Waals surface area contributed by atoms with E-state index in [2.05, 4.69) is 10.6 Å². The van der Waals surface area contributed by atoms with Crippen molar-refractivity contribution in [1.29, 1.82) is 0 Å². The Morgan fingerprint density at radius 2 is 1.74 bits per heavy atom. The molecule has 0 aromatic heterocycles. The zero-order valence-electron chi connectivity index (χ0n) is 16.3. The van der Waals surface area contributed by atoms with Gasteiger partial charge in [0.2, 0.25) is 11.8 Å². The lowest BCUT2D eigenvalue weighted by Crippen LogP contribution is -2.53. The van der Waals surface area contributed by atoms with Gasteiger partial charge in [0.15, 0.2) is 0 Å². The van der Waals surface area contributed by atoms with Gasteiger partial charge in [-0.3, -0.25) is 9.59 Å². The molecule has 0 aliphatic carbocycles. The minimum atomic E-state index is -1.17. The molecule has 1 aliphatic rings. The smallest absolute Gasteiger partial charge is 0.409 e. The van der Waals surface area contributed by atoms with E-state index in [9.17, 15) is 14.4 Å². The van der Waals surface area contributed by atoms with Gasteiger partial charge >= 0.3 is 6.09 Å². The number of carbonyl (C=O) groups is 3. The summed E-state index contributed by atoms with van der Waals surface area (Å²) in [7, 11) is 0. The van der Waals surface area contributed by atoms with Crippen LogP contribution in [0.3, 0.4) is 0 Å².